The maximum atomic E-state index is 11.7. The maximum Gasteiger partial charge on any atom is 0.407 e. The molecule has 2 unspecified atom stereocenters. The van der Waals surface area contributed by atoms with Crippen LogP contribution in [0.3, 0.4) is 0 Å². The molecule has 0 aromatic carbocycles. The van der Waals surface area contributed by atoms with E-state index in [1.54, 1.807) is 11.0 Å². The largest absolute Gasteiger partial charge is 0.444 e. The summed E-state index contributed by atoms with van der Waals surface area (Å²) in [7, 11) is 1.85. The molecular weight excluding hydrogens is 270 g/mol. The van der Waals surface area contributed by atoms with E-state index in [0.717, 1.165) is 25.1 Å². The average Bonchev–Trinajstić information content (AvgIpc) is 2.93. The number of hydrogen-bond acceptors (Lipinski definition) is 5. The van der Waals surface area contributed by atoms with Gasteiger partial charge in [0.15, 0.2) is 5.82 Å². The van der Waals surface area contributed by atoms with Crippen molar-refractivity contribution in [2.45, 2.75) is 64.3 Å². The average molecular weight is 295 g/mol. The summed E-state index contributed by atoms with van der Waals surface area (Å²) in [4.78, 5) is 15.9. The zero-order chi connectivity index (χ0) is 15.5. The molecule has 21 heavy (non-hydrogen) atoms. The minimum Gasteiger partial charge on any atom is -0.444 e. The van der Waals surface area contributed by atoms with Gasteiger partial charge in [0, 0.05) is 19.1 Å². The fraction of sp³-hybridized carbons (Fsp3) is 0.786. The summed E-state index contributed by atoms with van der Waals surface area (Å²) in [5.74, 6) is 0.793. The van der Waals surface area contributed by atoms with Crippen molar-refractivity contribution in [2.24, 2.45) is 7.05 Å². The van der Waals surface area contributed by atoms with Gasteiger partial charge in [0.1, 0.15) is 11.9 Å². The van der Waals surface area contributed by atoms with Gasteiger partial charge in [-0.05, 0) is 40.0 Å². The van der Waals surface area contributed by atoms with Crippen LogP contribution in [0, 0.1) is 0 Å². The first-order valence-corrected chi connectivity index (χ1v) is 7.39. The molecule has 7 heteroatoms. The van der Waals surface area contributed by atoms with E-state index in [1.165, 1.54) is 0 Å². The number of alkyl carbamates (subject to hydrolysis) is 1. The molecule has 2 rings (SSSR count). The van der Waals surface area contributed by atoms with Gasteiger partial charge in [0.05, 0.1) is 6.54 Å². The van der Waals surface area contributed by atoms with Crippen molar-refractivity contribution in [1.82, 2.24) is 25.4 Å². The van der Waals surface area contributed by atoms with Gasteiger partial charge in [0.2, 0.25) is 0 Å². The smallest absolute Gasteiger partial charge is 0.407 e. The summed E-state index contributed by atoms with van der Waals surface area (Å²) in [6.07, 6.45) is 4.27. The molecule has 118 valence electrons. The van der Waals surface area contributed by atoms with Crippen LogP contribution < -0.4 is 10.6 Å². The standard InChI is InChI=1S/C14H25N5O2/c1-14(2,3)21-13(20)17-11-6-5-10(7-11)15-8-12-16-9-19(4)18-12/h9-11,15H,5-8H2,1-4H3,(H,17,20). The van der Waals surface area contributed by atoms with E-state index in [2.05, 4.69) is 20.7 Å². The topological polar surface area (TPSA) is 81.1 Å². The molecule has 7 nitrogen and oxygen atoms in total. The maximum absolute atomic E-state index is 11.7. The van der Waals surface area contributed by atoms with E-state index >= 15 is 0 Å². The highest BCUT2D eigenvalue weighted by atomic mass is 16.6. The van der Waals surface area contributed by atoms with Gasteiger partial charge in [0.25, 0.3) is 0 Å². The molecule has 0 saturated heterocycles. The van der Waals surface area contributed by atoms with Gasteiger partial charge in [-0.3, -0.25) is 4.68 Å². The fourth-order valence-electron chi connectivity index (χ4n) is 2.47. The Hall–Kier alpha value is -1.63. The van der Waals surface area contributed by atoms with Crippen molar-refractivity contribution in [3.8, 4) is 0 Å². The molecule has 2 atom stereocenters. The number of carbonyl (C=O) groups is 1. The Kier molecular flexibility index (Phi) is 4.82. The Morgan fingerprint density at radius 1 is 1.43 bits per heavy atom. The predicted molar refractivity (Wildman–Crippen MR) is 78.6 cm³/mol. The van der Waals surface area contributed by atoms with Crippen molar-refractivity contribution in [3.63, 3.8) is 0 Å². The van der Waals surface area contributed by atoms with Gasteiger partial charge in [-0.25, -0.2) is 9.78 Å². The van der Waals surface area contributed by atoms with Gasteiger partial charge < -0.3 is 15.4 Å². The predicted octanol–water partition coefficient (Wildman–Crippen LogP) is 1.35. The second kappa shape index (κ2) is 6.43. The highest BCUT2D eigenvalue weighted by Crippen LogP contribution is 2.20. The highest BCUT2D eigenvalue weighted by molar-refractivity contribution is 5.68. The molecule has 1 saturated carbocycles. The van der Waals surface area contributed by atoms with Crippen molar-refractivity contribution in [2.75, 3.05) is 0 Å². The zero-order valence-corrected chi connectivity index (χ0v) is 13.2. The quantitative estimate of drug-likeness (QED) is 0.876. The Balaban J connectivity index is 1.70. The van der Waals surface area contributed by atoms with E-state index in [0.29, 0.717) is 12.6 Å². The number of amides is 1. The second-order valence-corrected chi connectivity index (χ2v) is 6.57. The van der Waals surface area contributed by atoms with Gasteiger partial charge in [-0.1, -0.05) is 0 Å². The monoisotopic (exact) mass is 295 g/mol. The normalized spacial score (nSPS) is 22.3. The Bertz CT molecular complexity index is 480. The van der Waals surface area contributed by atoms with Crippen LogP contribution in [-0.2, 0) is 18.3 Å². The molecule has 1 amide bonds. The van der Waals surface area contributed by atoms with Crippen LogP contribution in [0.1, 0.15) is 45.9 Å². The Morgan fingerprint density at radius 3 is 2.76 bits per heavy atom. The van der Waals surface area contributed by atoms with Crippen LogP contribution in [0.4, 0.5) is 4.79 Å². The number of aromatic nitrogens is 3. The van der Waals surface area contributed by atoms with E-state index < -0.39 is 5.60 Å². The SMILES string of the molecule is Cn1cnc(CNC2CCC(NC(=O)OC(C)(C)C)C2)n1. The van der Waals surface area contributed by atoms with Crippen molar-refractivity contribution in [3.05, 3.63) is 12.2 Å². The lowest BCUT2D eigenvalue weighted by molar-refractivity contribution is 0.0505. The lowest BCUT2D eigenvalue weighted by Crippen LogP contribution is -2.39. The fourth-order valence-corrected chi connectivity index (χ4v) is 2.47. The number of aryl methyl sites for hydroxylation is 1. The first-order chi connectivity index (χ1) is 9.82. The Labute approximate surface area is 125 Å². The third-order valence-electron chi connectivity index (χ3n) is 3.35. The lowest BCUT2D eigenvalue weighted by atomic mass is 10.2. The summed E-state index contributed by atoms with van der Waals surface area (Å²) in [6.45, 7) is 6.26. The molecule has 2 N–H and O–H groups in total. The lowest BCUT2D eigenvalue weighted by Gasteiger charge is -2.21. The first kappa shape index (κ1) is 15.8. The third kappa shape index (κ3) is 5.34. The second-order valence-electron chi connectivity index (χ2n) is 6.57. The molecule has 0 radical (unpaired) electrons. The number of nitrogens with one attached hydrogen (secondary N) is 2. The minimum atomic E-state index is -0.453. The summed E-state index contributed by atoms with van der Waals surface area (Å²) >= 11 is 0. The summed E-state index contributed by atoms with van der Waals surface area (Å²) in [5.41, 5.74) is -0.453. The number of rotatable bonds is 4. The summed E-state index contributed by atoms with van der Waals surface area (Å²) < 4.78 is 6.97. The number of hydrogen-bond donors (Lipinski definition) is 2. The molecule has 0 aliphatic heterocycles. The van der Waals surface area contributed by atoms with Gasteiger partial charge in [-0.2, -0.15) is 5.10 Å². The van der Waals surface area contributed by atoms with Crippen molar-refractivity contribution < 1.29 is 9.53 Å². The summed E-state index contributed by atoms with van der Waals surface area (Å²) in [5, 5.41) is 10.6. The zero-order valence-electron chi connectivity index (χ0n) is 13.2. The molecule has 0 bridgehead atoms. The van der Waals surface area contributed by atoms with Gasteiger partial charge in [-0.15, -0.1) is 0 Å². The summed E-state index contributed by atoms with van der Waals surface area (Å²) in [6, 6.07) is 0.558. The van der Waals surface area contributed by atoms with E-state index in [-0.39, 0.29) is 12.1 Å². The van der Waals surface area contributed by atoms with Crippen LogP contribution in [-0.4, -0.2) is 38.5 Å². The molecule has 1 aromatic heterocycles. The van der Waals surface area contributed by atoms with Crippen LogP contribution in [0.5, 0.6) is 0 Å². The third-order valence-corrected chi connectivity index (χ3v) is 3.35. The number of nitrogens with zero attached hydrogens (tertiary/aromatic N) is 3. The van der Waals surface area contributed by atoms with E-state index in [4.69, 9.17) is 4.74 Å². The number of carbonyl (C=O) groups excluding carboxylic acids is 1. The molecule has 1 heterocycles. The minimum absolute atomic E-state index is 0.175. The van der Waals surface area contributed by atoms with Crippen LogP contribution >= 0.6 is 0 Å². The number of ether oxygens (including phenoxy) is 1. The van der Waals surface area contributed by atoms with E-state index in [1.807, 2.05) is 27.8 Å². The molecule has 1 aromatic rings. The van der Waals surface area contributed by atoms with Gasteiger partial charge >= 0.3 is 6.09 Å². The first-order valence-electron chi connectivity index (χ1n) is 7.39. The molecule has 1 aliphatic rings. The van der Waals surface area contributed by atoms with Crippen LogP contribution in [0.15, 0.2) is 6.33 Å². The molecular formula is C14H25N5O2. The van der Waals surface area contributed by atoms with Crippen LogP contribution in [0.25, 0.3) is 0 Å². The molecule has 0 spiro atoms. The van der Waals surface area contributed by atoms with Crippen molar-refractivity contribution in [1.29, 1.82) is 0 Å². The van der Waals surface area contributed by atoms with Crippen molar-refractivity contribution >= 4 is 6.09 Å². The molecule has 1 aliphatic carbocycles. The highest BCUT2D eigenvalue weighted by Gasteiger charge is 2.27. The van der Waals surface area contributed by atoms with E-state index in [9.17, 15) is 4.79 Å². The van der Waals surface area contributed by atoms with Crippen LogP contribution in [0.2, 0.25) is 0 Å². The Morgan fingerprint density at radius 2 is 2.14 bits per heavy atom. The molecule has 1 fully saturated rings.